The third-order valence-electron chi connectivity index (χ3n) is 8.92. The minimum atomic E-state index is -0.719. The minimum absolute atomic E-state index is 0.224. The fourth-order valence-electron chi connectivity index (χ4n) is 7.08. The maximum atomic E-state index is 10.6. The molecule has 2 aliphatic carbocycles. The zero-order chi connectivity index (χ0) is 21.5. The molecule has 1 spiro atoms. The van der Waals surface area contributed by atoms with Crippen LogP contribution in [0.5, 0.6) is 0 Å². The quantitative estimate of drug-likeness (QED) is 0.456. The maximum Gasteiger partial charge on any atom is 0.303 e. The van der Waals surface area contributed by atoms with E-state index in [1.165, 1.54) is 103 Å². The van der Waals surface area contributed by atoms with Gasteiger partial charge in [0.1, 0.15) is 0 Å². The Labute approximate surface area is 189 Å². The minimum Gasteiger partial charge on any atom is -0.481 e. The molecule has 4 aliphatic rings. The Hall–Kier alpha value is -0.650. The van der Waals surface area contributed by atoms with Crippen LogP contribution in [0.1, 0.15) is 109 Å². The lowest BCUT2D eigenvalue weighted by molar-refractivity contribution is -0.137. The van der Waals surface area contributed by atoms with E-state index in [0.717, 1.165) is 11.8 Å². The molecule has 2 heterocycles. The summed E-state index contributed by atoms with van der Waals surface area (Å²) in [5.41, 5.74) is 0.529. The van der Waals surface area contributed by atoms with Gasteiger partial charge < -0.3 is 15.2 Å². The molecule has 0 aromatic rings. The van der Waals surface area contributed by atoms with Crippen LogP contribution in [0.15, 0.2) is 0 Å². The first kappa shape index (κ1) is 23.5. The van der Waals surface area contributed by atoms with Crippen LogP contribution in [0.4, 0.5) is 0 Å². The number of nitrogens with one attached hydrogen (secondary N) is 2. The lowest BCUT2D eigenvalue weighted by Gasteiger charge is -2.53. The van der Waals surface area contributed by atoms with Gasteiger partial charge in [-0.2, -0.15) is 0 Å². The molecule has 3 unspecified atom stereocenters. The third kappa shape index (κ3) is 6.45. The number of ether oxygens (including phenoxy) is 1. The molecule has 0 amide bonds. The number of rotatable bonds is 8. The van der Waals surface area contributed by atoms with E-state index in [2.05, 4.69) is 10.6 Å². The van der Waals surface area contributed by atoms with Gasteiger partial charge in [-0.05, 0) is 88.0 Å². The smallest absolute Gasteiger partial charge is 0.303 e. The number of piperidine rings is 2. The van der Waals surface area contributed by atoms with E-state index in [4.69, 9.17) is 9.84 Å². The van der Waals surface area contributed by atoms with Crippen LogP contribution in [0.2, 0.25) is 0 Å². The highest BCUT2D eigenvalue weighted by atomic mass is 16.5. The number of carbonyl (C=O) groups is 1. The van der Waals surface area contributed by atoms with Gasteiger partial charge in [0.2, 0.25) is 0 Å². The summed E-state index contributed by atoms with van der Waals surface area (Å²) < 4.78 is 5.89. The molecule has 5 nitrogen and oxygen atoms in total. The molecule has 4 rings (SSSR count). The molecule has 0 radical (unpaired) electrons. The Morgan fingerprint density at radius 1 is 1.00 bits per heavy atom. The largest absolute Gasteiger partial charge is 0.481 e. The Morgan fingerprint density at radius 3 is 2.48 bits per heavy atom. The van der Waals surface area contributed by atoms with Crippen molar-refractivity contribution < 1.29 is 14.6 Å². The van der Waals surface area contributed by atoms with Crippen molar-refractivity contribution >= 4 is 5.97 Å². The van der Waals surface area contributed by atoms with E-state index in [0.29, 0.717) is 36.8 Å². The van der Waals surface area contributed by atoms with Crippen LogP contribution in [0.3, 0.4) is 0 Å². The first-order valence-corrected chi connectivity index (χ1v) is 13.5. The number of carboxylic acid groups (broad SMARTS) is 1. The van der Waals surface area contributed by atoms with Gasteiger partial charge in [0.25, 0.3) is 0 Å². The average molecular weight is 435 g/mol. The summed E-state index contributed by atoms with van der Waals surface area (Å²) in [5.74, 6) is 0.915. The highest BCUT2D eigenvalue weighted by Gasteiger charge is 2.47. The van der Waals surface area contributed by atoms with Crippen LogP contribution < -0.4 is 10.6 Å². The van der Waals surface area contributed by atoms with Crippen LogP contribution in [0.25, 0.3) is 0 Å². The summed E-state index contributed by atoms with van der Waals surface area (Å²) in [4.78, 5) is 10.6. The number of hydrogen-bond acceptors (Lipinski definition) is 4. The zero-order valence-electron chi connectivity index (χ0n) is 19.6. The van der Waals surface area contributed by atoms with E-state index < -0.39 is 5.97 Å². The van der Waals surface area contributed by atoms with Gasteiger partial charge in [0, 0.05) is 19.1 Å². The topological polar surface area (TPSA) is 70.6 Å². The molecule has 4 fully saturated rings. The molecule has 0 bridgehead atoms. The van der Waals surface area contributed by atoms with E-state index in [1.807, 2.05) is 0 Å². The van der Waals surface area contributed by atoms with Crippen molar-refractivity contribution in [2.45, 2.75) is 127 Å². The molecular formula is C26H46N2O3. The Balaban J connectivity index is 1.28. The summed E-state index contributed by atoms with van der Waals surface area (Å²) in [6, 6.07) is 0.674. The number of hydrogen-bond donors (Lipinski definition) is 3. The predicted molar refractivity (Wildman–Crippen MR) is 124 cm³/mol. The van der Waals surface area contributed by atoms with Gasteiger partial charge in [0.15, 0.2) is 0 Å². The third-order valence-corrected chi connectivity index (χ3v) is 8.92. The first-order valence-electron chi connectivity index (χ1n) is 13.5. The summed E-state index contributed by atoms with van der Waals surface area (Å²) in [5, 5.41) is 16.7. The van der Waals surface area contributed by atoms with Gasteiger partial charge in [0.05, 0.1) is 12.3 Å². The van der Waals surface area contributed by atoms with Crippen LogP contribution in [-0.2, 0) is 9.53 Å². The molecule has 2 saturated heterocycles. The van der Waals surface area contributed by atoms with Gasteiger partial charge >= 0.3 is 5.97 Å². The Bertz CT molecular complexity index is 553. The Morgan fingerprint density at radius 2 is 1.74 bits per heavy atom. The van der Waals surface area contributed by atoms with Crippen molar-refractivity contribution in [3.05, 3.63) is 0 Å². The van der Waals surface area contributed by atoms with Crippen LogP contribution in [0, 0.1) is 17.3 Å². The van der Waals surface area contributed by atoms with E-state index in [1.54, 1.807) is 0 Å². The second kappa shape index (κ2) is 11.5. The van der Waals surface area contributed by atoms with Crippen molar-refractivity contribution in [3.8, 4) is 0 Å². The highest BCUT2D eigenvalue weighted by molar-refractivity contribution is 5.66. The van der Waals surface area contributed by atoms with Crippen LogP contribution in [-0.4, -0.2) is 42.5 Å². The van der Waals surface area contributed by atoms with E-state index in [9.17, 15) is 4.79 Å². The van der Waals surface area contributed by atoms with Gasteiger partial charge in [-0.1, -0.05) is 38.5 Å². The SMILES string of the molecule is O=C(O)CCCO[C@H]1C[C@H](CCC2NC3NCCCC3CC23CCCCCCCC3)C1. The fourth-order valence-corrected chi connectivity index (χ4v) is 7.08. The second-order valence-electron chi connectivity index (χ2n) is 11.1. The summed E-state index contributed by atoms with van der Waals surface area (Å²) in [6.45, 7) is 1.78. The summed E-state index contributed by atoms with van der Waals surface area (Å²) >= 11 is 0. The number of aliphatic carboxylic acids is 1. The molecule has 3 atom stereocenters. The van der Waals surface area contributed by atoms with E-state index >= 15 is 0 Å². The summed E-state index contributed by atoms with van der Waals surface area (Å²) in [7, 11) is 0. The van der Waals surface area contributed by atoms with E-state index in [-0.39, 0.29) is 6.42 Å². The molecular weight excluding hydrogens is 388 g/mol. The monoisotopic (exact) mass is 434 g/mol. The average Bonchev–Trinajstić information content (AvgIpc) is 2.84. The standard InChI is InChI=1S/C26H46N2O3/c29-24(30)10-8-16-31-22-17-20(18-22)11-12-23-26(13-5-3-1-2-4-6-14-26)19-21-9-7-15-27-25(21)28-23/h20-23,25,27-28H,1-19H2,(H,29,30)/t20-,21?,22-,23?,25?. The molecule has 2 saturated carbocycles. The molecule has 178 valence electrons. The first-order chi connectivity index (χ1) is 15.1. The van der Waals surface area contributed by atoms with Crippen molar-refractivity contribution in [2.24, 2.45) is 17.3 Å². The molecule has 5 heteroatoms. The molecule has 2 aliphatic heterocycles. The Kier molecular flexibility index (Phi) is 8.70. The van der Waals surface area contributed by atoms with Crippen molar-refractivity contribution in [1.29, 1.82) is 0 Å². The van der Waals surface area contributed by atoms with Gasteiger partial charge in [-0.15, -0.1) is 0 Å². The second-order valence-corrected chi connectivity index (χ2v) is 11.1. The maximum absolute atomic E-state index is 10.6. The number of fused-ring (bicyclic) bond motifs is 1. The fraction of sp³-hybridized carbons (Fsp3) is 0.962. The summed E-state index contributed by atoms with van der Waals surface area (Å²) in [6.07, 6.45) is 22.5. The predicted octanol–water partition coefficient (Wildman–Crippen LogP) is 5.24. The van der Waals surface area contributed by atoms with Crippen molar-refractivity contribution in [2.75, 3.05) is 13.2 Å². The highest BCUT2D eigenvalue weighted by Crippen LogP contribution is 2.49. The lowest BCUT2D eigenvalue weighted by atomic mass is 9.61. The zero-order valence-corrected chi connectivity index (χ0v) is 19.6. The number of carboxylic acids is 1. The van der Waals surface area contributed by atoms with Gasteiger partial charge in [-0.25, -0.2) is 0 Å². The normalized spacial score (nSPS) is 35.9. The molecule has 31 heavy (non-hydrogen) atoms. The van der Waals surface area contributed by atoms with Gasteiger partial charge in [-0.3, -0.25) is 10.1 Å². The molecule has 0 aromatic heterocycles. The molecule has 3 N–H and O–H groups in total. The van der Waals surface area contributed by atoms with Crippen LogP contribution >= 0.6 is 0 Å². The lowest BCUT2D eigenvalue weighted by Crippen LogP contribution is -2.64. The van der Waals surface area contributed by atoms with Crippen molar-refractivity contribution in [3.63, 3.8) is 0 Å². The molecule has 0 aromatic carbocycles. The van der Waals surface area contributed by atoms with Crippen molar-refractivity contribution in [1.82, 2.24) is 10.6 Å².